The van der Waals surface area contributed by atoms with Crippen LogP contribution in [-0.4, -0.2) is 26.4 Å². The third kappa shape index (κ3) is 4.16. The van der Waals surface area contributed by atoms with Gasteiger partial charge < -0.3 is 0 Å². The molecule has 8 heteroatoms. The number of rotatable bonds is 4. The van der Waals surface area contributed by atoms with Crippen LogP contribution in [0.2, 0.25) is 5.02 Å². The van der Waals surface area contributed by atoms with Crippen molar-refractivity contribution in [1.29, 1.82) is 0 Å². The van der Waals surface area contributed by atoms with Crippen molar-refractivity contribution in [3.8, 4) is 0 Å². The summed E-state index contributed by atoms with van der Waals surface area (Å²) in [4.78, 5) is 13.6. The number of benzene rings is 2. The summed E-state index contributed by atoms with van der Waals surface area (Å²) in [6, 6.07) is 12.1. The van der Waals surface area contributed by atoms with Gasteiger partial charge in [0.15, 0.2) is 5.69 Å². The maximum Gasteiger partial charge on any atom is 0.296 e. The van der Waals surface area contributed by atoms with E-state index in [-0.39, 0.29) is 28.3 Å². The average Bonchev–Trinajstić information content (AvgIpc) is 3.42. The Hall–Kier alpha value is -3.32. The summed E-state index contributed by atoms with van der Waals surface area (Å²) < 4.78 is 28.7. The lowest BCUT2D eigenvalue weighted by molar-refractivity contribution is 0.0674. The summed E-state index contributed by atoms with van der Waals surface area (Å²) in [7, 11) is 0. The van der Waals surface area contributed by atoms with Crippen molar-refractivity contribution < 1.29 is 13.6 Å². The zero-order chi connectivity index (χ0) is 23.8. The van der Waals surface area contributed by atoms with Crippen LogP contribution < -0.4 is 0 Å². The van der Waals surface area contributed by atoms with Gasteiger partial charge >= 0.3 is 0 Å². The van der Waals surface area contributed by atoms with Crippen molar-refractivity contribution in [2.24, 2.45) is 11.0 Å². The minimum absolute atomic E-state index is 0.0538. The number of hydrogen-bond donors (Lipinski definition) is 0. The molecule has 2 atom stereocenters. The molecule has 1 aliphatic heterocycles. The Bertz CT molecular complexity index is 1280. The van der Waals surface area contributed by atoms with E-state index < -0.39 is 11.9 Å². The van der Waals surface area contributed by atoms with Crippen LogP contribution in [0.25, 0.3) is 6.08 Å². The predicted molar refractivity (Wildman–Crippen MR) is 127 cm³/mol. The van der Waals surface area contributed by atoms with E-state index in [2.05, 4.69) is 5.10 Å². The first-order valence-corrected chi connectivity index (χ1v) is 11.7. The third-order valence-electron chi connectivity index (χ3n) is 6.38. The highest BCUT2D eigenvalue weighted by atomic mass is 35.5. The van der Waals surface area contributed by atoms with Crippen LogP contribution in [0.15, 0.2) is 65.4 Å². The molecule has 2 aromatic carbocycles. The molecule has 1 saturated carbocycles. The van der Waals surface area contributed by atoms with Crippen molar-refractivity contribution in [3.05, 3.63) is 93.8 Å². The van der Waals surface area contributed by atoms with Crippen molar-refractivity contribution in [2.75, 3.05) is 0 Å². The SMILES string of the molecule is CCn1cc(Cl)c(C(=O)N2N=C3/C(=C/c4ccc(F)cc4)CCCC3C2c2ccc(F)cc2)n1. The fourth-order valence-corrected chi connectivity index (χ4v) is 4.97. The van der Waals surface area contributed by atoms with Crippen LogP contribution in [0.3, 0.4) is 0 Å². The molecule has 1 amide bonds. The number of amides is 1. The Balaban J connectivity index is 1.58. The van der Waals surface area contributed by atoms with E-state index in [1.165, 1.54) is 29.3 Å². The molecule has 0 spiro atoms. The van der Waals surface area contributed by atoms with E-state index in [1.807, 2.05) is 13.0 Å². The molecule has 2 heterocycles. The predicted octanol–water partition coefficient (Wildman–Crippen LogP) is 6.27. The van der Waals surface area contributed by atoms with Gasteiger partial charge in [0.05, 0.1) is 16.8 Å². The molecule has 1 fully saturated rings. The Morgan fingerprint density at radius 1 is 1.12 bits per heavy atom. The number of fused-ring (bicyclic) bond motifs is 1. The standard InChI is InChI=1S/C26H23ClF2N4O/c1-2-32-15-22(27)24(30-32)26(34)33-25(17-8-12-20(29)13-9-17)21-5-3-4-18(23(21)31-33)14-16-6-10-19(28)11-7-16/h6-15,21,25H,2-5H2,1H3/b18-14+. The molecule has 0 N–H and O–H groups in total. The fraction of sp³-hybridized carbons (Fsp3) is 0.269. The summed E-state index contributed by atoms with van der Waals surface area (Å²) >= 11 is 6.34. The summed E-state index contributed by atoms with van der Waals surface area (Å²) in [5, 5.41) is 10.9. The number of nitrogens with zero attached hydrogens (tertiary/aromatic N) is 4. The Morgan fingerprint density at radius 3 is 2.44 bits per heavy atom. The normalized spacial score (nSPS) is 21.0. The molecular weight excluding hydrogens is 458 g/mol. The first kappa shape index (κ1) is 22.5. The summed E-state index contributed by atoms with van der Waals surface area (Å²) in [6.07, 6.45) is 6.18. The van der Waals surface area contributed by atoms with E-state index in [0.29, 0.717) is 6.54 Å². The number of carbonyl (C=O) groups excluding carboxylic acids is 1. The van der Waals surface area contributed by atoms with Gasteiger partial charge in [-0.2, -0.15) is 10.2 Å². The molecule has 1 aliphatic carbocycles. The number of hydrazone groups is 1. The highest BCUT2D eigenvalue weighted by molar-refractivity contribution is 6.33. The lowest BCUT2D eigenvalue weighted by Crippen LogP contribution is -2.32. The molecule has 0 saturated heterocycles. The number of aromatic nitrogens is 2. The van der Waals surface area contributed by atoms with Gasteiger partial charge in [-0.25, -0.2) is 13.8 Å². The highest BCUT2D eigenvalue weighted by Crippen LogP contribution is 2.45. The second kappa shape index (κ2) is 9.14. The lowest BCUT2D eigenvalue weighted by atomic mass is 9.77. The molecule has 174 valence electrons. The molecule has 3 aromatic rings. The van der Waals surface area contributed by atoms with Crippen molar-refractivity contribution in [1.82, 2.24) is 14.8 Å². The number of halogens is 3. The Labute approximate surface area is 201 Å². The Kier molecular flexibility index (Phi) is 6.04. The van der Waals surface area contributed by atoms with E-state index >= 15 is 0 Å². The van der Waals surface area contributed by atoms with Gasteiger partial charge in [-0.15, -0.1) is 0 Å². The molecule has 2 unspecified atom stereocenters. The van der Waals surface area contributed by atoms with Crippen LogP contribution in [0.4, 0.5) is 8.78 Å². The molecular formula is C26H23ClF2N4O. The smallest absolute Gasteiger partial charge is 0.271 e. The van der Waals surface area contributed by atoms with E-state index in [9.17, 15) is 13.6 Å². The molecule has 0 radical (unpaired) electrons. The zero-order valence-corrected chi connectivity index (χ0v) is 19.3. The second-order valence-corrected chi connectivity index (χ2v) is 8.94. The third-order valence-corrected chi connectivity index (χ3v) is 6.65. The number of aryl methyl sites for hydroxylation is 1. The molecule has 0 bridgehead atoms. The van der Waals surface area contributed by atoms with Crippen molar-refractivity contribution in [2.45, 2.75) is 38.8 Å². The summed E-state index contributed by atoms with van der Waals surface area (Å²) in [5.41, 5.74) is 3.64. The van der Waals surface area contributed by atoms with Crippen molar-refractivity contribution >= 4 is 29.3 Å². The highest BCUT2D eigenvalue weighted by Gasteiger charge is 2.44. The maximum absolute atomic E-state index is 13.7. The van der Waals surface area contributed by atoms with Crippen LogP contribution in [0, 0.1) is 17.6 Å². The van der Waals surface area contributed by atoms with Gasteiger partial charge in [0.25, 0.3) is 5.91 Å². The van der Waals surface area contributed by atoms with Crippen LogP contribution >= 0.6 is 11.6 Å². The molecule has 2 aliphatic rings. The quantitative estimate of drug-likeness (QED) is 0.441. The fourth-order valence-electron chi connectivity index (χ4n) is 4.73. The molecule has 5 nitrogen and oxygen atoms in total. The first-order chi connectivity index (χ1) is 16.4. The van der Waals surface area contributed by atoms with Crippen LogP contribution in [0.5, 0.6) is 0 Å². The number of carbonyl (C=O) groups is 1. The minimum Gasteiger partial charge on any atom is -0.271 e. The average molecular weight is 481 g/mol. The maximum atomic E-state index is 13.7. The summed E-state index contributed by atoms with van der Waals surface area (Å²) in [5.74, 6) is -1.08. The summed E-state index contributed by atoms with van der Waals surface area (Å²) in [6.45, 7) is 2.49. The largest absolute Gasteiger partial charge is 0.296 e. The van der Waals surface area contributed by atoms with Gasteiger partial charge in [-0.05, 0) is 73.2 Å². The van der Waals surface area contributed by atoms with Gasteiger partial charge in [0.1, 0.15) is 11.6 Å². The minimum atomic E-state index is -0.400. The Morgan fingerprint density at radius 2 is 1.79 bits per heavy atom. The first-order valence-electron chi connectivity index (χ1n) is 11.3. The van der Waals surface area contributed by atoms with Gasteiger partial charge in [0, 0.05) is 18.7 Å². The van der Waals surface area contributed by atoms with Gasteiger partial charge in [0.2, 0.25) is 0 Å². The van der Waals surface area contributed by atoms with Gasteiger partial charge in [-0.3, -0.25) is 9.48 Å². The second-order valence-electron chi connectivity index (χ2n) is 8.53. The number of allylic oxidation sites excluding steroid dienone is 1. The number of hydrogen-bond acceptors (Lipinski definition) is 3. The molecule has 1 aromatic heterocycles. The van der Waals surface area contributed by atoms with E-state index in [1.54, 1.807) is 35.1 Å². The van der Waals surface area contributed by atoms with E-state index in [4.69, 9.17) is 16.7 Å². The van der Waals surface area contributed by atoms with E-state index in [0.717, 1.165) is 41.7 Å². The van der Waals surface area contributed by atoms with Crippen LogP contribution in [0.1, 0.15) is 53.8 Å². The monoisotopic (exact) mass is 480 g/mol. The zero-order valence-electron chi connectivity index (χ0n) is 18.6. The topological polar surface area (TPSA) is 50.5 Å². The molecule has 5 rings (SSSR count). The molecule has 34 heavy (non-hydrogen) atoms. The van der Waals surface area contributed by atoms with Gasteiger partial charge in [-0.1, -0.05) is 35.9 Å². The van der Waals surface area contributed by atoms with Crippen LogP contribution in [-0.2, 0) is 6.54 Å². The lowest BCUT2D eigenvalue weighted by Gasteiger charge is -2.29. The van der Waals surface area contributed by atoms with Crippen molar-refractivity contribution in [3.63, 3.8) is 0 Å².